The Morgan fingerprint density at radius 2 is 1.82 bits per heavy atom. The number of amides is 1. The lowest BCUT2D eigenvalue weighted by Crippen LogP contribution is -2.43. The van der Waals surface area contributed by atoms with Crippen molar-refractivity contribution in [3.63, 3.8) is 0 Å². The number of methoxy groups -OCH3 is 2. The summed E-state index contributed by atoms with van der Waals surface area (Å²) in [5.41, 5.74) is 3.04. The summed E-state index contributed by atoms with van der Waals surface area (Å²) >= 11 is 0. The highest BCUT2D eigenvalue weighted by molar-refractivity contribution is 5.79. The first-order valence-corrected chi connectivity index (χ1v) is 11.6. The van der Waals surface area contributed by atoms with Crippen LogP contribution in [0.1, 0.15) is 29.8 Å². The van der Waals surface area contributed by atoms with Crippen molar-refractivity contribution in [2.24, 2.45) is 5.92 Å². The zero-order valence-electron chi connectivity index (χ0n) is 20.2. The highest BCUT2D eigenvalue weighted by Gasteiger charge is 2.26. The molecular formula is C25H32N6O3. The Labute approximate surface area is 200 Å². The summed E-state index contributed by atoms with van der Waals surface area (Å²) in [7, 11) is 3.24. The number of rotatable bonds is 8. The van der Waals surface area contributed by atoms with Gasteiger partial charge in [0.2, 0.25) is 5.91 Å². The zero-order valence-corrected chi connectivity index (χ0v) is 20.2. The highest BCUT2D eigenvalue weighted by atomic mass is 16.5. The number of ether oxygens (including phenoxy) is 2. The number of nitrogens with one attached hydrogen (secondary N) is 1. The molecule has 9 heteroatoms. The van der Waals surface area contributed by atoms with Crippen LogP contribution in [0.25, 0.3) is 5.82 Å². The van der Waals surface area contributed by atoms with Gasteiger partial charge in [-0.15, -0.1) is 10.2 Å². The molecule has 1 aliphatic heterocycles. The van der Waals surface area contributed by atoms with E-state index in [9.17, 15) is 4.79 Å². The van der Waals surface area contributed by atoms with Gasteiger partial charge in [0.15, 0.2) is 23.1 Å². The molecule has 1 saturated heterocycles. The number of nitrogens with zero attached hydrogens (tertiary/aromatic N) is 5. The van der Waals surface area contributed by atoms with E-state index in [0.717, 1.165) is 48.6 Å². The lowest BCUT2D eigenvalue weighted by atomic mass is 9.97. The summed E-state index contributed by atoms with van der Waals surface area (Å²) in [6, 6.07) is 11.7. The SMILES string of the molecule is COc1ccc(CCNC(=O)C2CCCN(c3ccc(-n4nc(C)cc4C)nn3)C2)cc1OC. The van der Waals surface area contributed by atoms with Crippen LogP contribution in [-0.4, -0.2) is 59.7 Å². The predicted octanol–water partition coefficient (Wildman–Crippen LogP) is 2.87. The average Bonchev–Trinajstić information content (AvgIpc) is 3.21. The number of benzene rings is 1. The molecule has 9 nitrogen and oxygen atoms in total. The summed E-state index contributed by atoms with van der Waals surface area (Å²) in [5.74, 6) is 2.88. The number of aryl methyl sites for hydroxylation is 2. The normalized spacial score (nSPS) is 15.8. The standard InChI is InChI=1S/C25H32N6O3/c1-17-14-18(2)31(29-17)24-10-9-23(27-28-24)30-13-5-6-20(16-30)25(32)26-12-11-19-7-8-21(33-3)22(15-19)34-4/h7-10,14-15,20H,5-6,11-13,16H2,1-4H3,(H,26,32). The van der Waals surface area contributed by atoms with Crippen LogP contribution in [0.15, 0.2) is 36.4 Å². The maximum absolute atomic E-state index is 12.8. The van der Waals surface area contributed by atoms with E-state index in [1.165, 1.54) is 0 Å². The van der Waals surface area contributed by atoms with Gasteiger partial charge in [-0.25, -0.2) is 4.68 Å². The third-order valence-electron chi connectivity index (χ3n) is 6.14. The number of carbonyl (C=O) groups excluding carboxylic acids is 1. The summed E-state index contributed by atoms with van der Waals surface area (Å²) in [6.07, 6.45) is 2.53. The molecule has 34 heavy (non-hydrogen) atoms. The maximum Gasteiger partial charge on any atom is 0.224 e. The van der Waals surface area contributed by atoms with Crippen LogP contribution in [0.2, 0.25) is 0 Å². The highest BCUT2D eigenvalue weighted by Crippen LogP contribution is 2.27. The third-order valence-corrected chi connectivity index (χ3v) is 6.14. The second-order valence-electron chi connectivity index (χ2n) is 8.60. The van der Waals surface area contributed by atoms with Crippen LogP contribution in [-0.2, 0) is 11.2 Å². The van der Waals surface area contributed by atoms with Crippen LogP contribution >= 0.6 is 0 Å². The molecule has 1 N–H and O–H groups in total. The van der Waals surface area contributed by atoms with Crippen LogP contribution in [0.4, 0.5) is 5.82 Å². The summed E-state index contributed by atoms with van der Waals surface area (Å²) in [4.78, 5) is 15.0. The molecule has 0 aliphatic carbocycles. The molecule has 0 saturated carbocycles. The Morgan fingerprint density at radius 1 is 1.06 bits per heavy atom. The van der Waals surface area contributed by atoms with Gasteiger partial charge >= 0.3 is 0 Å². The van der Waals surface area contributed by atoms with E-state index in [4.69, 9.17) is 9.47 Å². The monoisotopic (exact) mass is 464 g/mol. The van der Waals surface area contributed by atoms with E-state index in [2.05, 4.69) is 25.5 Å². The molecule has 1 aliphatic rings. The molecule has 180 valence electrons. The first-order chi connectivity index (χ1) is 16.5. The van der Waals surface area contributed by atoms with Gasteiger partial charge in [-0.05, 0) is 69.0 Å². The number of carbonyl (C=O) groups is 1. The molecule has 2 aromatic heterocycles. The van der Waals surface area contributed by atoms with Crippen molar-refractivity contribution in [3.8, 4) is 17.3 Å². The third kappa shape index (κ3) is 5.30. The number of hydrogen-bond donors (Lipinski definition) is 1. The zero-order chi connectivity index (χ0) is 24.1. The van der Waals surface area contributed by atoms with E-state index >= 15 is 0 Å². The Morgan fingerprint density at radius 3 is 2.50 bits per heavy atom. The van der Waals surface area contributed by atoms with Crippen LogP contribution < -0.4 is 19.7 Å². The largest absolute Gasteiger partial charge is 0.493 e. The summed E-state index contributed by atoms with van der Waals surface area (Å²) in [6.45, 7) is 6.02. The van der Waals surface area contributed by atoms with E-state index in [1.54, 1.807) is 18.9 Å². The fourth-order valence-electron chi connectivity index (χ4n) is 4.37. The molecule has 0 spiro atoms. The molecule has 0 bridgehead atoms. The van der Waals surface area contributed by atoms with E-state index in [1.807, 2.05) is 50.2 Å². The van der Waals surface area contributed by atoms with Gasteiger partial charge in [0.1, 0.15) is 0 Å². The summed E-state index contributed by atoms with van der Waals surface area (Å²) in [5, 5.41) is 16.3. The Bertz CT molecular complexity index is 1130. The molecule has 1 fully saturated rings. The first kappa shape index (κ1) is 23.5. The number of hydrogen-bond acceptors (Lipinski definition) is 7. The molecule has 0 radical (unpaired) electrons. The van der Waals surface area contributed by atoms with Gasteiger partial charge in [-0.2, -0.15) is 5.10 Å². The second kappa shape index (κ2) is 10.5. The molecule has 1 atom stereocenters. The smallest absolute Gasteiger partial charge is 0.224 e. The number of piperidine rings is 1. The summed E-state index contributed by atoms with van der Waals surface area (Å²) < 4.78 is 12.4. The van der Waals surface area contributed by atoms with Crippen LogP contribution in [0.5, 0.6) is 11.5 Å². The molecule has 3 heterocycles. The van der Waals surface area contributed by atoms with Gasteiger partial charge in [0.05, 0.1) is 25.8 Å². The first-order valence-electron chi connectivity index (χ1n) is 11.6. The average molecular weight is 465 g/mol. The number of aromatic nitrogens is 4. The van der Waals surface area contributed by atoms with Gasteiger partial charge in [0.25, 0.3) is 0 Å². The Balaban J connectivity index is 1.32. The van der Waals surface area contributed by atoms with Crippen molar-refractivity contribution >= 4 is 11.7 Å². The van der Waals surface area contributed by atoms with Crippen molar-refractivity contribution in [2.45, 2.75) is 33.1 Å². The minimum atomic E-state index is -0.0726. The van der Waals surface area contributed by atoms with E-state index in [-0.39, 0.29) is 11.8 Å². The molecule has 1 aromatic carbocycles. The van der Waals surface area contributed by atoms with E-state index < -0.39 is 0 Å². The van der Waals surface area contributed by atoms with Crippen molar-refractivity contribution in [3.05, 3.63) is 53.3 Å². The van der Waals surface area contributed by atoms with Gasteiger partial charge in [-0.1, -0.05) is 6.07 Å². The second-order valence-corrected chi connectivity index (χ2v) is 8.60. The topological polar surface area (TPSA) is 94.4 Å². The van der Waals surface area contributed by atoms with Gasteiger partial charge in [0, 0.05) is 25.3 Å². The van der Waals surface area contributed by atoms with Crippen LogP contribution in [0, 0.1) is 19.8 Å². The molecule has 1 unspecified atom stereocenters. The number of anilines is 1. The molecule has 1 amide bonds. The van der Waals surface area contributed by atoms with Crippen molar-refractivity contribution < 1.29 is 14.3 Å². The molecule has 3 aromatic rings. The van der Waals surface area contributed by atoms with Gasteiger partial charge < -0.3 is 19.7 Å². The van der Waals surface area contributed by atoms with Crippen molar-refractivity contribution in [1.82, 2.24) is 25.3 Å². The van der Waals surface area contributed by atoms with Crippen molar-refractivity contribution in [1.29, 1.82) is 0 Å². The lowest BCUT2D eigenvalue weighted by Gasteiger charge is -2.32. The lowest BCUT2D eigenvalue weighted by molar-refractivity contribution is -0.125. The maximum atomic E-state index is 12.8. The minimum absolute atomic E-state index is 0.0726. The minimum Gasteiger partial charge on any atom is -0.493 e. The van der Waals surface area contributed by atoms with Crippen molar-refractivity contribution in [2.75, 3.05) is 38.8 Å². The fourth-order valence-corrected chi connectivity index (χ4v) is 4.37. The van der Waals surface area contributed by atoms with E-state index in [0.29, 0.717) is 30.4 Å². The molecular weight excluding hydrogens is 432 g/mol. The fraction of sp³-hybridized carbons (Fsp3) is 0.440. The van der Waals surface area contributed by atoms with Crippen LogP contribution in [0.3, 0.4) is 0 Å². The quantitative estimate of drug-likeness (QED) is 0.548. The molecule has 4 rings (SSSR count). The Hall–Kier alpha value is -3.62. The Kier molecular flexibility index (Phi) is 7.30. The predicted molar refractivity (Wildman–Crippen MR) is 130 cm³/mol. The van der Waals surface area contributed by atoms with Gasteiger partial charge in [-0.3, -0.25) is 4.79 Å².